The van der Waals surface area contributed by atoms with E-state index in [4.69, 9.17) is 18.4 Å². The maximum absolute atomic E-state index is 12.9. The molecule has 0 N–H and O–H groups in total. The number of aryl methyl sites for hydroxylation is 1. The fourth-order valence-corrected chi connectivity index (χ4v) is 5.18. The Morgan fingerprint density at radius 2 is 1.78 bits per heavy atom. The van der Waals surface area contributed by atoms with Gasteiger partial charge in [0, 0.05) is 18.1 Å². The van der Waals surface area contributed by atoms with E-state index in [9.17, 15) is 13.2 Å². The van der Waals surface area contributed by atoms with Gasteiger partial charge in [-0.25, -0.2) is 0 Å². The predicted octanol–water partition coefficient (Wildman–Crippen LogP) is 5.17. The fourth-order valence-electron chi connectivity index (χ4n) is 3.57. The summed E-state index contributed by atoms with van der Waals surface area (Å²) in [4.78, 5) is 12.4. The molecule has 0 fully saturated rings. The van der Waals surface area contributed by atoms with Crippen molar-refractivity contribution in [2.24, 2.45) is 5.10 Å². The van der Waals surface area contributed by atoms with Crippen molar-refractivity contribution in [1.29, 1.82) is 0 Å². The zero-order chi connectivity index (χ0) is 26.7. The first kappa shape index (κ1) is 26.5. The van der Waals surface area contributed by atoms with Crippen LogP contribution in [-0.4, -0.2) is 38.9 Å². The van der Waals surface area contributed by atoms with Crippen LogP contribution in [0.1, 0.15) is 36.8 Å². The largest absolute Gasteiger partial charge is 0.497 e. The first-order valence-electron chi connectivity index (χ1n) is 11.3. The number of carbonyl (C=O) groups excluding carboxylic acids is 1. The van der Waals surface area contributed by atoms with Crippen molar-refractivity contribution in [3.63, 3.8) is 0 Å². The van der Waals surface area contributed by atoms with Gasteiger partial charge in [-0.05, 0) is 78.3 Å². The number of hydrogen-bond acceptors (Lipinski definition) is 8. The molecule has 3 aromatic carbocycles. The molecule has 4 rings (SSSR count). The minimum Gasteiger partial charge on any atom is -0.497 e. The van der Waals surface area contributed by atoms with Crippen LogP contribution in [0.25, 0.3) is 0 Å². The van der Waals surface area contributed by atoms with E-state index in [1.807, 2.05) is 6.92 Å². The number of halogens is 1. The molecule has 1 atom stereocenters. The maximum atomic E-state index is 12.9. The molecule has 0 radical (unpaired) electrons. The van der Waals surface area contributed by atoms with E-state index in [1.165, 1.54) is 24.1 Å². The first-order chi connectivity index (χ1) is 17.6. The summed E-state index contributed by atoms with van der Waals surface area (Å²) >= 11 is 3.41. The normalized spacial score (nSPS) is 15.1. The summed E-state index contributed by atoms with van der Waals surface area (Å²) in [5.41, 5.74) is 2.07. The molecule has 0 aromatic heterocycles. The molecule has 37 heavy (non-hydrogen) atoms. The Kier molecular flexibility index (Phi) is 7.74. The Morgan fingerprint density at radius 1 is 1.11 bits per heavy atom. The average molecular weight is 589 g/mol. The van der Waals surface area contributed by atoms with Crippen molar-refractivity contribution in [3.8, 4) is 17.2 Å². The van der Waals surface area contributed by atoms with Crippen LogP contribution in [0.4, 0.5) is 0 Å². The number of hydrogen-bond donors (Lipinski definition) is 0. The van der Waals surface area contributed by atoms with Gasteiger partial charge in [-0.3, -0.25) is 4.79 Å². The average Bonchev–Trinajstić information content (AvgIpc) is 3.32. The Morgan fingerprint density at radius 3 is 2.38 bits per heavy atom. The first-order valence-corrected chi connectivity index (χ1v) is 13.5. The molecule has 1 unspecified atom stereocenters. The minimum atomic E-state index is -4.14. The Balaban J connectivity index is 1.68. The molecule has 1 amide bonds. The fraction of sp³-hybridized carbons (Fsp3) is 0.231. The van der Waals surface area contributed by atoms with Gasteiger partial charge >= 0.3 is 10.1 Å². The molecule has 1 heterocycles. The number of benzene rings is 3. The van der Waals surface area contributed by atoms with Gasteiger partial charge in [0.2, 0.25) is 18.0 Å². The highest BCUT2D eigenvalue weighted by atomic mass is 79.9. The van der Waals surface area contributed by atoms with Crippen LogP contribution in [0.2, 0.25) is 0 Å². The molecule has 3 aromatic rings. The summed E-state index contributed by atoms with van der Waals surface area (Å²) < 4.78 is 48.7. The highest BCUT2D eigenvalue weighted by Crippen LogP contribution is 2.42. The van der Waals surface area contributed by atoms with Gasteiger partial charge in [0.1, 0.15) is 10.6 Å². The standard InChI is InChI=1S/C26H25BrN2O7S/c1-5-34-23-15-19(14-22(27)24(23)36-37(31,32)21-12-6-16(2)7-13-21)26-29(17(3)30)28-25(35-26)18-8-10-20(33-4)11-9-18/h6-15,26H,5H2,1-4H3. The molecule has 1 aliphatic rings. The van der Waals surface area contributed by atoms with E-state index in [-0.39, 0.29) is 34.8 Å². The van der Waals surface area contributed by atoms with Crippen LogP contribution in [0.15, 0.2) is 75.1 Å². The zero-order valence-electron chi connectivity index (χ0n) is 20.6. The summed E-state index contributed by atoms with van der Waals surface area (Å²) in [6.07, 6.45) is -0.909. The third-order valence-electron chi connectivity index (χ3n) is 5.42. The smallest absolute Gasteiger partial charge is 0.339 e. The molecular weight excluding hydrogens is 564 g/mol. The van der Waals surface area contributed by atoms with Gasteiger partial charge < -0.3 is 18.4 Å². The molecule has 11 heteroatoms. The van der Waals surface area contributed by atoms with Crippen LogP contribution in [-0.2, 0) is 19.6 Å². The third kappa shape index (κ3) is 5.72. The van der Waals surface area contributed by atoms with Gasteiger partial charge in [0.05, 0.1) is 18.2 Å². The van der Waals surface area contributed by atoms with Crippen LogP contribution < -0.4 is 13.7 Å². The predicted molar refractivity (Wildman–Crippen MR) is 140 cm³/mol. The zero-order valence-corrected chi connectivity index (χ0v) is 23.0. The van der Waals surface area contributed by atoms with Crippen LogP contribution in [0.5, 0.6) is 17.2 Å². The molecule has 1 aliphatic heterocycles. The summed E-state index contributed by atoms with van der Waals surface area (Å²) in [6.45, 7) is 5.24. The van der Waals surface area contributed by atoms with E-state index < -0.39 is 16.3 Å². The number of nitrogens with zero attached hydrogens (tertiary/aromatic N) is 2. The van der Waals surface area contributed by atoms with Gasteiger partial charge in [-0.1, -0.05) is 17.7 Å². The highest BCUT2D eigenvalue weighted by Gasteiger charge is 2.35. The number of amides is 1. The number of ether oxygens (including phenoxy) is 3. The molecule has 0 aliphatic carbocycles. The van der Waals surface area contributed by atoms with E-state index >= 15 is 0 Å². The lowest BCUT2D eigenvalue weighted by molar-refractivity contribution is -0.135. The summed E-state index contributed by atoms with van der Waals surface area (Å²) in [6, 6.07) is 16.6. The molecule has 9 nitrogen and oxygen atoms in total. The van der Waals surface area contributed by atoms with Crippen molar-refractivity contribution in [3.05, 3.63) is 81.8 Å². The molecule has 0 saturated carbocycles. The summed E-state index contributed by atoms with van der Waals surface area (Å²) in [5.74, 6) is 0.718. The second-order valence-electron chi connectivity index (χ2n) is 8.08. The van der Waals surface area contributed by atoms with Gasteiger partial charge in [-0.2, -0.15) is 13.4 Å². The van der Waals surface area contributed by atoms with Gasteiger partial charge in [0.25, 0.3) is 0 Å². The highest BCUT2D eigenvalue weighted by molar-refractivity contribution is 9.10. The van der Waals surface area contributed by atoms with Crippen molar-refractivity contribution in [2.75, 3.05) is 13.7 Å². The summed E-state index contributed by atoms with van der Waals surface area (Å²) in [5, 5.41) is 5.57. The van der Waals surface area contributed by atoms with Crippen molar-refractivity contribution >= 4 is 37.9 Å². The second kappa shape index (κ2) is 10.8. The lowest BCUT2D eigenvalue weighted by Gasteiger charge is -2.21. The lowest BCUT2D eigenvalue weighted by atomic mass is 10.1. The van der Waals surface area contributed by atoms with E-state index in [0.717, 1.165) is 5.56 Å². The van der Waals surface area contributed by atoms with Crippen LogP contribution >= 0.6 is 15.9 Å². The van der Waals surface area contributed by atoms with E-state index in [0.29, 0.717) is 21.3 Å². The van der Waals surface area contributed by atoms with Crippen molar-refractivity contribution < 1.29 is 31.6 Å². The Labute approximate surface area is 223 Å². The molecule has 0 saturated heterocycles. The topological polar surface area (TPSA) is 104 Å². The Hall–Kier alpha value is -3.57. The lowest BCUT2D eigenvalue weighted by Crippen LogP contribution is -2.25. The van der Waals surface area contributed by atoms with Crippen LogP contribution in [0.3, 0.4) is 0 Å². The summed E-state index contributed by atoms with van der Waals surface area (Å²) in [7, 11) is -2.57. The third-order valence-corrected chi connectivity index (χ3v) is 7.25. The van der Waals surface area contributed by atoms with Crippen LogP contribution in [0, 0.1) is 6.92 Å². The number of carbonyl (C=O) groups is 1. The van der Waals surface area contributed by atoms with Gasteiger partial charge in [0.15, 0.2) is 11.5 Å². The number of methoxy groups -OCH3 is 1. The maximum Gasteiger partial charge on any atom is 0.339 e. The molecular formula is C26H25BrN2O7S. The quantitative estimate of drug-likeness (QED) is 0.334. The molecule has 0 spiro atoms. The van der Waals surface area contributed by atoms with Crippen molar-refractivity contribution in [2.45, 2.75) is 31.9 Å². The molecule has 194 valence electrons. The Bertz CT molecular complexity index is 1440. The van der Waals surface area contributed by atoms with Gasteiger partial charge in [-0.15, -0.1) is 5.10 Å². The second-order valence-corrected chi connectivity index (χ2v) is 10.5. The van der Waals surface area contributed by atoms with Crippen molar-refractivity contribution in [1.82, 2.24) is 5.01 Å². The minimum absolute atomic E-state index is 0.0101. The van der Waals surface area contributed by atoms with E-state index in [1.54, 1.807) is 62.6 Å². The SMILES string of the molecule is CCOc1cc(C2OC(c3ccc(OC)cc3)=NN2C(C)=O)cc(Br)c1OS(=O)(=O)c1ccc(C)cc1. The monoisotopic (exact) mass is 588 g/mol. The number of hydrazone groups is 1. The molecule has 0 bridgehead atoms. The number of rotatable bonds is 8. The van der Waals surface area contributed by atoms with E-state index in [2.05, 4.69) is 21.0 Å².